The number of hydrogen-bond donors (Lipinski definition) is 0. The summed E-state index contributed by atoms with van der Waals surface area (Å²) in [4.78, 5) is 34.2. The third-order valence-electron chi connectivity index (χ3n) is 6.28. The lowest BCUT2D eigenvalue weighted by atomic mass is 9.95. The molecule has 0 saturated heterocycles. The van der Waals surface area contributed by atoms with Gasteiger partial charge in [-0.1, -0.05) is 27.3 Å². The maximum Gasteiger partial charge on any atom is 0.338 e. The molecule has 1 unspecified atom stereocenters. The molecule has 0 aliphatic carbocycles. The van der Waals surface area contributed by atoms with Gasteiger partial charge in [0.2, 0.25) is 0 Å². The van der Waals surface area contributed by atoms with Gasteiger partial charge in [-0.25, -0.2) is 9.79 Å². The third kappa shape index (κ3) is 5.04. The Morgan fingerprint density at radius 3 is 2.50 bits per heavy atom. The van der Waals surface area contributed by atoms with Gasteiger partial charge in [-0.3, -0.25) is 9.36 Å². The molecule has 0 radical (unpaired) electrons. The van der Waals surface area contributed by atoms with Crippen LogP contribution in [0.3, 0.4) is 0 Å². The molecule has 0 saturated carbocycles. The smallest absolute Gasteiger partial charge is 0.338 e. The predicted octanol–water partition coefficient (Wildman–Crippen LogP) is 4.02. The second-order valence-corrected chi connectivity index (χ2v) is 10.2. The molecule has 1 aliphatic heterocycles. The normalized spacial score (nSPS) is 15.2. The topological polar surface area (TPSA) is 95.5 Å². The van der Waals surface area contributed by atoms with Gasteiger partial charge in [-0.15, -0.1) is 0 Å². The van der Waals surface area contributed by atoms with E-state index < -0.39 is 12.0 Å². The highest BCUT2D eigenvalue weighted by Gasteiger charge is 2.35. The Kier molecular flexibility index (Phi) is 8.47. The Balaban J connectivity index is 1.94. The number of carbonyl (C=O) groups excluding carboxylic acids is 1. The number of anilines is 1. The monoisotopic (exact) mass is 603 g/mol. The summed E-state index contributed by atoms with van der Waals surface area (Å²) in [6, 6.07) is 6.43. The van der Waals surface area contributed by atoms with Gasteiger partial charge in [0, 0.05) is 29.7 Å². The number of halogens is 1. The van der Waals surface area contributed by atoms with Gasteiger partial charge < -0.3 is 23.5 Å². The molecule has 3 heterocycles. The van der Waals surface area contributed by atoms with Crippen molar-refractivity contribution in [1.82, 2.24) is 4.57 Å². The largest absolute Gasteiger partial charge is 0.493 e. The van der Waals surface area contributed by atoms with E-state index in [1.165, 1.54) is 23.0 Å². The van der Waals surface area contributed by atoms with Crippen LogP contribution in [0, 0.1) is 0 Å². The molecule has 0 fully saturated rings. The minimum absolute atomic E-state index is 0.188. The Morgan fingerprint density at radius 1 is 1.18 bits per heavy atom. The second-order valence-electron chi connectivity index (χ2n) is 8.38. The summed E-state index contributed by atoms with van der Waals surface area (Å²) in [5.74, 6) is 1.73. The SMILES string of the molecule is CCOC(=O)C1=C(C)N=c2s/c(=C/c3ccc(N(CC)CC)o3)c(=O)n2C1c1cc(OC)c(OC)cc1Br. The van der Waals surface area contributed by atoms with Gasteiger partial charge in [-0.05, 0) is 51.5 Å². The van der Waals surface area contributed by atoms with Crippen LogP contribution in [0.25, 0.3) is 6.08 Å². The quantitative estimate of drug-likeness (QED) is 0.341. The van der Waals surface area contributed by atoms with Gasteiger partial charge in [0.25, 0.3) is 5.56 Å². The molecular weight excluding hydrogens is 574 g/mol. The van der Waals surface area contributed by atoms with Gasteiger partial charge in [-0.2, -0.15) is 0 Å². The van der Waals surface area contributed by atoms with E-state index in [2.05, 4.69) is 39.7 Å². The van der Waals surface area contributed by atoms with Gasteiger partial charge >= 0.3 is 5.97 Å². The van der Waals surface area contributed by atoms with E-state index in [0.29, 0.717) is 42.3 Å². The Labute approximate surface area is 232 Å². The lowest BCUT2D eigenvalue weighted by Gasteiger charge is -2.26. The van der Waals surface area contributed by atoms with Crippen LogP contribution in [-0.4, -0.2) is 44.5 Å². The van der Waals surface area contributed by atoms with Crippen LogP contribution in [0.2, 0.25) is 0 Å². The average molecular weight is 605 g/mol. The van der Waals surface area contributed by atoms with E-state index in [0.717, 1.165) is 19.0 Å². The number of allylic oxidation sites excluding steroid dienone is 1. The van der Waals surface area contributed by atoms with Crippen LogP contribution in [0.5, 0.6) is 11.5 Å². The highest BCUT2D eigenvalue weighted by molar-refractivity contribution is 9.10. The number of benzene rings is 1. The lowest BCUT2D eigenvalue weighted by Crippen LogP contribution is -2.40. The van der Waals surface area contributed by atoms with E-state index in [9.17, 15) is 9.59 Å². The molecule has 0 amide bonds. The van der Waals surface area contributed by atoms with Crippen molar-refractivity contribution in [2.24, 2.45) is 4.99 Å². The number of hydrogen-bond acceptors (Lipinski definition) is 9. The fourth-order valence-corrected chi connectivity index (χ4v) is 5.99. The van der Waals surface area contributed by atoms with Crippen molar-refractivity contribution in [3.8, 4) is 11.5 Å². The summed E-state index contributed by atoms with van der Waals surface area (Å²) in [6.07, 6.45) is 1.71. The maximum absolute atomic E-state index is 13.9. The Morgan fingerprint density at radius 2 is 1.87 bits per heavy atom. The first-order valence-corrected chi connectivity index (χ1v) is 13.8. The number of methoxy groups -OCH3 is 2. The molecule has 1 aromatic carbocycles. The van der Waals surface area contributed by atoms with Crippen molar-refractivity contribution in [1.29, 1.82) is 0 Å². The highest BCUT2D eigenvalue weighted by Crippen LogP contribution is 2.40. The zero-order chi connectivity index (χ0) is 27.6. The van der Waals surface area contributed by atoms with Crippen LogP contribution in [0.1, 0.15) is 45.1 Å². The minimum atomic E-state index is -0.801. The molecule has 0 bridgehead atoms. The van der Waals surface area contributed by atoms with Crippen molar-refractivity contribution in [3.63, 3.8) is 0 Å². The van der Waals surface area contributed by atoms with E-state index >= 15 is 0 Å². The maximum atomic E-state index is 13.9. The summed E-state index contributed by atoms with van der Waals surface area (Å²) in [5, 5.41) is 0. The first kappa shape index (κ1) is 27.7. The van der Waals surface area contributed by atoms with Crippen LogP contribution in [0.15, 0.2) is 54.2 Å². The molecular formula is C27H30BrN3O6S. The number of rotatable bonds is 9. The zero-order valence-electron chi connectivity index (χ0n) is 22.2. The number of aromatic nitrogens is 1. The number of carbonyl (C=O) groups is 1. The van der Waals surface area contributed by atoms with E-state index in [-0.39, 0.29) is 17.7 Å². The summed E-state index contributed by atoms with van der Waals surface area (Å²) in [5.41, 5.74) is 1.09. The summed E-state index contributed by atoms with van der Waals surface area (Å²) in [7, 11) is 3.08. The summed E-state index contributed by atoms with van der Waals surface area (Å²) < 4.78 is 24.9. The molecule has 4 rings (SSSR count). The van der Waals surface area contributed by atoms with Crippen molar-refractivity contribution < 1.29 is 23.4 Å². The van der Waals surface area contributed by atoms with Crippen molar-refractivity contribution in [3.05, 3.63) is 71.0 Å². The van der Waals surface area contributed by atoms with Gasteiger partial charge in [0.1, 0.15) is 5.76 Å². The first-order chi connectivity index (χ1) is 18.3. The first-order valence-electron chi connectivity index (χ1n) is 12.2. The molecule has 0 N–H and O–H groups in total. The second kappa shape index (κ2) is 11.6. The van der Waals surface area contributed by atoms with Gasteiger partial charge in [0.15, 0.2) is 22.2 Å². The molecule has 38 heavy (non-hydrogen) atoms. The molecule has 2 aromatic heterocycles. The summed E-state index contributed by atoms with van der Waals surface area (Å²) >= 11 is 4.84. The van der Waals surface area contributed by atoms with E-state index in [1.807, 2.05) is 12.1 Å². The molecule has 3 aromatic rings. The fourth-order valence-electron chi connectivity index (χ4n) is 4.42. The number of ether oxygens (including phenoxy) is 3. The molecule has 0 spiro atoms. The minimum Gasteiger partial charge on any atom is -0.493 e. The molecule has 11 heteroatoms. The van der Waals surface area contributed by atoms with Crippen molar-refractivity contribution in [2.75, 3.05) is 38.8 Å². The molecule has 9 nitrogen and oxygen atoms in total. The highest BCUT2D eigenvalue weighted by atomic mass is 79.9. The van der Waals surface area contributed by atoms with Crippen LogP contribution < -0.4 is 29.3 Å². The molecule has 202 valence electrons. The van der Waals surface area contributed by atoms with E-state index in [4.69, 9.17) is 18.6 Å². The summed E-state index contributed by atoms with van der Waals surface area (Å²) in [6.45, 7) is 9.39. The van der Waals surface area contributed by atoms with E-state index in [1.54, 1.807) is 39.2 Å². The standard InChI is InChI=1S/C27H30BrN3O6S/c1-7-30(8-2)22-11-10-16(37-22)12-21-25(32)31-24(17-13-19(34-5)20(35-6)14-18(17)28)23(26(33)36-9-3)15(4)29-27(31)38-21/h10-14,24H,7-9H2,1-6H3/b21-12+. The fraction of sp³-hybridized carbons (Fsp3) is 0.370. The van der Waals surface area contributed by atoms with Crippen LogP contribution in [0.4, 0.5) is 5.88 Å². The van der Waals surface area contributed by atoms with Crippen molar-refractivity contribution in [2.45, 2.75) is 33.7 Å². The number of thiazole rings is 1. The third-order valence-corrected chi connectivity index (χ3v) is 7.95. The van der Waals surface area contributed by atoms with Crippen LogP contribution in [-0.2, 0) is 9.53 Å². The predicted molar refractivity (Wildman–Crippen MR) is 150 cm³/mol. The zero-order valence-corrected chi connectivity index (χ0v) is 24.6. The average Bonchev–Trinajstić information content (AvgIpc) is 3.48. The Bertz CT molecular complexity index is 1560. The molecule has 1 aliphatic rings. The number of esters is 1. The number of fused-ring (bicyclic) bond motifs is 1. The van der Waals surface area contributed by atoms with Crippen molar-refractivity contribution >= 4 is 45.2 Å². The number of furan rings is 1. The number of nitrogens with zero attached hydrogens (tertiary/aromatic N) is 3. The lowest BCUT2D eigenvalue weighted by molar-refractivity contribution is -0.139. The van der Waals surface area contributed by atoms with Gasteiger partial charge in [0.05, 0.1) is 42.7 Å². The molecule has 1 atom stereocenters. The Hall–Kier alpha value is -3.31. The van der Waals surface area contributed by atoms with Crippen LogP contribution >= 0.6 is 27.3 Å².